The quantitative estimate of drug-likeness (QED) is 0.571. The number of nitro benzene ring substituents is 1. The van der Waals surface area contributed by atoms with E-state index in [1.807, 2.05) is 0 Å². The van der Waals surface area contributed by atoms with Gasteiger partial charge in [-0.1, -0.05) is 6.08 Å². The molecule has 0 bridgehead atoms. The molecule has 1 aliphatic heterocycles. The number of carbonyl (C=O) groups is 1. The lowest BCUT2D eigenvalue weighted by atomic mass is 10.0. The third-order valence-electron chi connectivity index (χ3n) is 3.94. The van der Waals surface area contributed by atoms with E-state index in [9.17, 15) is 23.3 Å². The lowest BCUT2D eigenvalue weighted by molar-refractivity contribution is -0.384. The minimum Gasteiger partial charge on any atom is -0.443 e. The van der Waals surface area contributed by atoms with Gasteiger partial charge in [-0.15, -0.1) is 0 Å². The fraction of sp³-hybridized carbons (Fsp3) is 0.471. The van der Waals surface area contributed by atoms with Gasteiger partial charge in [0.2, 0.25) is 0 Å². The highest BCUT2D eigenvalue weighted by atomic mass is 32.2. The van der Waals surface area contributed by atoms with E-state index in [1.165, 1.54) is 23.5 Å². The minimum atomic E-state index is -4.00. The molecule has 0 radical (unpaired) electrons. The monoisotopic (exact) mass is 397 g/mol. The maximum atomic E-state index is 12.6. The molecular weight excluding hydrogens is 374 g/mol. The number of nitrogens with zero attached hydrogens (tertiary/aromatic N) is 3. The van der Waals surface area contributed by atoms with Crippen LogP contribution < -0.4 is 0 Å². The van der Waals surface area contributed by atoms with Crippen molar-refractivity contribution in [1.29, 1.82) is 0 Å². The number of carbonyl (C=O) groups excluding carboxylic acids is 1. The number of rotatable bonds is 4. The van der Waals surface area contributed by atoms with E-state index in [2.05, 4.69) is 0 Å². The molecule has 1 aromatic carbocycles. The van der Waals surface area contributed by atoms with E-state index < -0.39 is 26.8 Å². The molecule has 0 saturated carbocycles. The van der Waals surface area contributed by atoms with Crippen LogP contribution in [0.4, 0.5) is 10.5 Å². The van der Waals surface area contributed by atoms with Gasteiger partial charge < -0.3 is 4.74 Å². The second-order valence-electron chi connectivity index (χ2n) is 7.10. The summed E-state index contributed by atoms with van der Waals surface area (Å²) in [5.41, 5.74) is 0.902. The topological polar surface area (TPSA) is 110 Å². The SMILES string of the molecule is CN(C(=O)OC(C)(C)C)S(=O)(=O)N1CC=C(c2ccc([N+](=O)[O-])cc2)CC1. The summed E-state index contributed by atoms with van der Waals surface area (Å²) < 4.78 is 32.1. The van der Waals surface area contributed by atoms with Gasteiger partial charge in [0, 0.05) is 32.3 Å². The van der Waals surface area contributed by atoms with Crippen LogP contribution in [0.5, 0.6) is 0 Å². The van der Waals surface area contributed by atoms with Crippen molar-refractivity contribution in [1.82, 2.24) is 8.61 Å². The Labute approximate surface area is 158 Å². The minimum absolute atomic E-state index is 0.00153. The molecule has 0 saturated heterocycles. The van der Waals surface area contributed by atoms with Crippen molar-refractivity contribution in [3.8, 4) is 0 Å². The van der Waals surface area contributed by atoms with Crippen LogP contribution >= 0.6 is 0 Å². The van der Waals surface area contributed by atoms with Crippen LogP contribution in [0.2, 0.25) is 0 Å². The van der Waals surface area contributed by atoms with E-state index in [-0.39, 0.29) is 18.8 Å². The average molecular weight is 397 g/mol. The van der Waals surface area contributed by atoms with Crippen LogP contribution in [-0.2, 0) is 14.9 Å². The molecule has 148 valence electrons. The first-order valence-electron chi connectivity index (χ1n) is 8.32. The number of hydrogen-bond acceptors (Lipinski definition) is 6. The molecule has 10 heteroatoms. The molecule has 0 N–H and O–H groups in total. The van der Waals surface area contributed by atoms with E-state index in [0.717, 1.165) is 11.1 Å². The lowest BCUT2D eigenvalue weighted by Gasteiger charge is -2.31. The number of amides is 1. The molecule has 1 heterocycles. The summed E-state index contributed by atoms with van der Waals surface area (Å²) in [5, 5.41) is 10.7. The van der Waals surface area contributed by atoms with Gasteiger partial charge in [0.05, 0.1) is 4.92 Å². The first-order valence-corrected chi connectivity index (χ1v) is 9.72. The first-order chi connectivity index (χ1) is 12.4. The number of non-ortho nitro benzene ring substituents is 1. The molecule has 0 fully saturated rings. The number of nitro groups is 1. The molecule has 2 rings (SSSR count). The van der Waals surface area contributed by atoms with Crippen LogP contribution in [0, 0.1) is 10.1 Å². The highest BCUT2D eigenvalue weighted by Gasteiger charge is 2.34. The third-order valence-corrected chi connectivity index (χ3v) is 5.77. The fourth-order valence-corrected chi connectivity index (χ4v) is 3.67. The molecule has 1 amide bonds. The van der Waals surface area contributed by atoms with Crippen molar-refractivity contribution in [3.05, 3.63) is 46.0 Å². The Hall–Kier alpha value is -2.46. The second-order valence-corrected chi connectivity index (χ2v) is 9.06. The largest absolute Gasteiger partial charge is 0.443 e. The predicted octanol–water partition coefficient (Wildman–Crippen LogP) is 2.80. The zero-order valence-electron chi connectivity index (χ0n) is 15.7. The van der Waals surface area contributed by atoms with Crippen LogP contribution in [-0.4, -0.2) is 53.8 Å². The zero-order valence-corrected chi connectivity index (χ0v) is 16.5. The van der Waals surface area contributed by atoms with Crippen molar-refractivity contribution in [2.45, 2.75) is 32.8 Å². The third kappa shape index (κ3) is 5.04. The van der Waals surface area contributed by atoms with Crippen LogP contribution in [0.3, 0.4) is 0 Å². The number of hydrogen-bond donors (Lipinski definition) is 0. The highest BCUT2D eigenvalue weighted by molar-refractivity contribution is 7.87. The Balaban J connectivity index is 2.10. The van der Waals surface area contributed by atoms with Gasteiger partial charge in [-0.2, -0.15) is 17.0 Å². The second kappa shape index (κ2) is 7.65. The summed E-state index contributed by atoms with van der Waals surface area (Å²) in [7, 11) is -2.83. The molecule has 0 aliphatic carbocycles. The molecular formula is C17H23N3O6S. The maximum absolute atomic E-state index is 12.6. The van der Waals surface area contributed by atoms with Gasteiger partial charge in [0.15, 0.2) is 0 Å². The molecule has 0 atom stereocenters. The van der Waals surface area contributed by atoms with E-state index >= 15 is 0 Å². The Morgan fingerprint density at radius 1 is 1.26 bits per heavy atom. The van der Waals surface area contributed by atoms with Gasteiger partial charge in [0.1, 0.15) is 5.60 Å². The smallest absolute Gasteiger partial charge is 0.424 e. The van der Waals surface area contributed by atoms with Crippen LogP contribution in [0.25, 0.3) is 5.57 Å². The summed E-state index contributed by atoms with van der Waals surface area (Å²) in [5.74, 6) is 0. The van der Waals surface area contributed by atoms with Crippen molar-refractivity contribution in [2.24, 2.45) is 0 Å². The van der Waals surface area contributed by atoms with E-state index in [0.29, 0.717) is 10.7 Å². The molecule has 1 aliphatic rings. The van der Waals surface area contributed by atoms with Crippen molar-refractivity contribution in [2.75, 3.05) is 20.1 Å². The normalized spacial score (nSPS) is 15.8. The number of ether oxygens (including phenoxy) is 1. The van der Waals surface area contributed by atoms with Crippen molar-refractivity contribution >= 4 is 27.6 Å². The lowest BCUT2D eigenvalue weighted by Crippen LogP contribution is -2.47. The fourth-order valence-electron chi connectivity index (χ4n) is 2.51. The average Bonchev–Trinajstić information content (AvgIpc) is 2.59. The predicted molar refractivity (Wildman–Crippen MR) is 100 cm³/mol. The zero-order chi connectivity index (χ0) is 20.4. The summed E-state index contributed by atoms with van der Waals surface area (Å²) >= 11 is 0. The van der Waals surface area contributed by atoms with Crippen molar-refractivity contribution in [3.63, 3.8) is 0 Å². The van der Waals surface area contributed by atoms with Gasteiger partial charge in [0.25, 0.3) is 5.69 Å². The molecule has 27 heavy (non-hydrogen) atoms. The van der Waals surface area contributed by atoms with Crippen molar-refractivity contribution < 1.29 is 22.9 Å². The van der Waals surface area contributed by atoms with Gasteiger partial charge >= 0.3 is 16.3 Å². The molecule has 0 spiro atoms. The Kier molecular flexibility index (Phi) is 5.91. The van der Waals surface area contributed by atoms with Gasteiger partial charge in [-0.25, -0.2) is 4.79 Å². The Morgan fingerprint density at radius 2 is 1.85 bits per heavy atom. The summed E-state index contributed by atoms with van der Waals surface area (Å²) in [6, 6.07) is 6.10. The molecule has 1 aromatic rings. The summed E-state index contributed by atoms with van der Waals surface area (Å²) in [6.45, 7) is 5.27. The van der Waals surface area contributed by atoms with E-state index in [4.69, 9.17) is 4.74 Å². The highest BCUT2D eigenvalue weighted by Crippen LogP contribution is 2.26. The van der Waals surface area contributed by atoms with Gasteiger partial charge in [-0.3, -0.25) is 10.1 Å². The van der Waals surface area contributed by atoms with E-state index in [1.54, 1.807) is 39.0 Å². The first kappa shape index (κ1) is 20.8. The molecule has 0 aromatic heterocycles. The maximum Gasteiger partial charge on any atom is 0.424 e. The number of benzene rings is 1. The van der Waals surface area contributed by atoms with Crippen LogP contribution in [0.15, 0.2) is 30.3 Å². The Morgan fingerprint density at radius 3 is 2.30 bits per heavy atom. The molecule has 9 nitrogen and oxygen atoms in total. The molecule has 0 unspecified atom stereocenters. The summed E-state index contributed by atoms with van der Waals surface area (Å²) in [4.78, 5) is 22.3. The Bertz CT molecular complexity index is 856. The summed E-state index contributed by atoms with van der Waals surface area (Å²) in [6.07, 6.45) is 1.23. The van der Waals surface area contributed by atoms with Gasteiger partial charge in [-0.05, 0) is 50.5 Å². The standard InChI is InChI=1S/C17H23N3O6S/c1-17(2,3)26-16(21)18(4)27(24,25)19-11-9-14(10-12-19)13-5-7-15(8-6-13)20(22)23/h5-9H,10-12H2,1-4H3. The van der Waals surface area contributed by atoms with Crippen LogP contribution in [0.1, 0.15) is 32.8 Å².